The molecule has 0 saturated carbocycles. The van der Waals surface area contributed by atoms with E-state index in [0.717, 1.165) is 25.8 Å². The average molecular weight is 280 g/mol. The predicted octanol–water partition coefficient (Wildman–Crippen LogP) is -0.291. The van der Waals surface area contributed by atoms with Crippen LogP contribution in [0.25, 0.3) is 0 Å². The third-order valence-electron chi connectivity index (χ3n) is 3.05. The molecule has 0 amide bonds. The van der Waals surface area contributed by atoms with Crippen molar-refractivity contribution in [2.24, 2.45) is 0 Å². The maximum absolute atomic E-state index is 11.9. The third kappa shape index (κ3) is 6.10. The fraction of sp³-hybridized carbons (Fsp3) is 1.00. The number of ether oxygens (including phenoxy) is 2. The zero-order valence-electron chi connectivity index (χ0n) is 11.1. The van der Waals surface area contributed by atoms with Crippen LogP contribution in [0.1, 0.15) is 19.3 Å². The van der Waals surface area contributed by atoms with Crippen LogP contribution < -0.4 is 10.0 Å². The molecule has 0 aromatic rings. The van der Waals surface area contributed by atoms with Gasteiger partial charge in [0.15, 0.2) is 0 Å². The van der Waals surface area contributed by atoms with Crippen LogP contribution in [0, 0.1) is 0 Å². The van der Waals surface area contributed by atoms with Gasteiger partial charge in [-0.1, -0.05) is 6.42 Å². The standard InChI is InChI=1S/C11H24N2O4S/c1-16-8-11(17-2)7-13-18(14,15)9-10-5-3-4-6-12-10/h10-13H,3-9H2,1-2H3. The van der Waals surface area contributed by atoms with E-state index in [9.17, 15) is 8.42 Å². The van der Waals surface area contributed by atoms with E-state index < -0.39 is 10.0 Å². The molecule has 2 N–H and O–H groups in total. The van der Waals surface area contributed by atoms with Gasteiger partial charge in [0.25, 0.3) is 0 Å². The lowest BCUT2D eigenvalue weighted by atomic mass is 10.1. The van der Waals surface area contributed by atoms with Crippen LogP contribution in [0.4, 0.5) is 0 Å². The number of hydrogen-bond donors (Lipinski definition) is 2. The van der Waals surface area contributed by atoms with Crippen molar-refractivity contribution < 1.29 is 17.9 Å². The van der Waals surface area contributed by atoms with E-state index in [1.165, 1.54) is 0 Å². The lowest BCUT2D eigenvalue weighted by Gasteiger charge is -2.23. The quantitative estimate of drug-likeness (QED) is 0.639. The van der Waals surface area contributed by atoms with Gasteiger partial charge < -0.3 is 14.8 Å². The molecule has 0 radical (unpaired) electrons. The molecule has 0 aliphatic carbocycles. The molecule has 6 nitrogen and oxygen atoms in total. The van der Waals surface area contributed by atoms with Crippen molar-refractivity contribution in [2.75, 3.05) is 39.7 Å². The van der Waals surface area contributed by atoms with Crippen molar-refractivity contribution in [2.45, 2.75) is 31.4 Å². The number of hydrogen-bond acceptors (Lipinski definition) is 5. The van der Waals surface area contributed by atoms with Crippen molar-refractivity contribution in [3.05, 3.63) is 0 Å². The van der Waals surface area contributed by atoms with Crippen molar-refractivity contribution in [3.63, 3.8) is 0 Å². The number of sulfonamides is 1. The summed E-state index contributed by atoms with van der Waals surface area (Å²) in [5, 5.41) is 3.23. The van der Waals surface area contributed by atoms with E-state index in [-0.39, 0.29) is 24.4 Å². The van der Waals surface area contributed by atoms with Crippen LogP contribution in [-0.4, -0.2) is 60.2 Å². The lowest BCUT2D eigenvalue weighted by molar-refractivity contribution is 0.0320. The minimum Gasteiger partial charge on any atom is -0.382 e. The van der Waals surface area contributed by atoms with Gasteiger partial charge in [-0.2, -0.15) is 0 Å². The number of rotatable bonds is 8. The molecule has 1 rings (SSSR count). The fourth-order valence-corrected chi connectivity index (χ4v) is 3.38. The van der Waals surface area contributed by atoms with Crippen LogP contribution in [0.3, 0.4) is 0 Å². The molecular formula is C11H24N2O4S. The fourth-order valence-electron chi connectivity index (χ4n) is 2.01. The molecule has 1 aliphatic heterocycles. The minimum atomic E-state index is -3.25. The first-order valence-electron chi connectivity index (χ1n) is 6.30. The Morgan fingerprint density at radius 1 is 1.39 bits per heavy atom. The Morgan fingerprint density at radius 2 is 2.17 bits per heavy atom. The van der Waals surface area contributed by atoms with Crippen LogP contribution in [0.2, 0.25) is 0 Å². The smallest absolute Gasteiger partial charge is 0.213 e. The maximum Gasteiger partial charge on any atom is 0.213 e. The highest BCUT2D eigenvalue weighted by atomic mass is 32.2. The van der Waals surface area contributed by atoms with E-state index in [0.29, 0.717) is 6.61 Å². The zero-order chi connectivity index (χ0) is 13.4. The van der Waals surface area contributed by atoms with E-state index in [2.05, 4.69) is 10.0 Å². The van der Waals surface area contributed by atoms with E-state index in [1.807, 2.05) is 0 Å². The van der Waals surface area contributed by atoms with Crippen molar-refractivity contribution >= 4 is 10.0 Å². The summed E-state index contributed by atoms with van der Waals surface area (Å²) in [6.45, 7) is 1.53. The first-order chi connectivity index (χ1) is 8.57. The molecule has 0 bridgehead atoms. The Labute approximate surface area is 109 Å². The summed E-state index contributed by atoms with van der Waals surface area (Å²) in [5.74, 6) is 0.135. The van der Waals surface area contributed by atoms with Crippen LogP contribution >= 0.6 is 0 Å². The largest absolute Gasteiger partial charge is 0.382 e. The van der Waals surface area contributed by atoms with Crippen molar-refractivity contribution in [1.29, 1.82) is 0 Å². The first-order valence-corrected chi connectivity index (χ1v) is 7.95. The second kappa shape index (κ2) is 8.06. The second-order valence-electron chi connectivity index (χ2n) is 4.59. The molecule has 0 spiro atoms. The van der Waals surface area contributed by atoms with E-state index in [1.54, 1.807) is 14.2 Å². The summed E-state index contributed by atoms with van der Waals surface area (Å²) in [6, 6.07) is 0.0691. The first kappa shape index (κ1) is 15.8. The van der Waals surface area contributed by atoms with Gasteiger partial charge >= 0.3 is 0 Å². The van der Waals surface area contributed by atoms with Gasteiger partial charge in [-0.05, 0) is 19.4 Å². The summed E-state index contributed by atoms with van der Waals surface area (Å²) in [5.41, 5.74) is 0. The van der Waals surface area contributed by atoms with Gasteiger partial charge in [0.05, 0.1) is 18.5 Å². The Bertz CT molecular complexity index is 315. The molecule has 0 aromatic carbocycles. The Kier molecular flexibility index (Phi) is 7.10. The van der Waals surface area contributed by atoms with Gasteiger partial charge in [-0.3, -0.25) is 0 Å². The Hall–Kier alpha value is -0.210. The molecular weight excluding hydrogens is 256 g/mol. The van der Waals surface area contributed by atoms with Crippen molar-refractivity contribution in [3.8, 4) is 0 Å². The Morgan fingerprint density at radius 3 is 2.72 bits per heavy atom. The lowest BCUT2D eigenvalue weighted by Crippen LogP contribution is -2.44. The van der Waals surface area contributed by atoms with Gasteiger partial charge in [-0.25, -0.2) is 13.1 Å². The number of piperidine rings is 1. The zero-order valence-corrected chi connectivity index (χ0v) is 12.0. The Balaban J connectivity index is 2.33. The van der Waals surface area contributed by atoms with Gasteiger partial charge in [0.2, 0.25) is 10.0 Å². The molecule has 1 aliphatic rings. The SMILES string of the molecule is COCC(CNS(=O)(=O)CC1CCCCN1)OC. The molecule has 0 aromatic heterocycles. The van der Waals surface area contributed by atoms with Crippen LogP contribution in [-0.2, 0) is 19.5 Å². The molecule has 2 atom stereocenters. The summed E-state index contributed by atoms with van der Waals surface area (Å²) >= 11 is 0. The van der Waals surface area contributed by atoms with Gasteiger partial charge in [-0.15, -0.1) is 0 Å². The highest BCUT2D eigenvalue weighted by Gasteiger charge is 2.21. The topological polar surface area (TPSA) is 76.7 Å². The summed E-state index contributed by atoms with van der Waals surface area (Å²) in [7, 11) is -0.148. The monoisotopic (exact) mass is 280 g/mol. The summed E-state index contributed by atoms with van der Waals surface area (Å²) in [4.78, 5) is 0. The maximum atomic E-state index is 11.9. The third-order valence-corrected chi connectivity index (χ3v) is 4.50. The molecule has 18 heavy (non-hydrogen) atoms. The molecule has 108 valence electrons. The van der Waals surface area contributed by atoms with Crippen LogP contribution in [0.5, 0.6) is 0 Å². The second-order valence-corrected chi connectivity index (χ2v) is 6.44. The molecule has 7 heteroatoms. The highest BCUT2D eigenvalue weighted by molar-refractivity contribution is 7.89. The summed E-state index contributed by atoms with van der Waals surface area (Å²) < 4.78 is 36.4. The van der Waals surface area contributed by atoms with Crippen LogP contribution in [0.15, 0.2) is 0 Å². The number of nitrogens with one attached hydrogen (secondary N) is 2. The molecule has 1 fully saturated rings. The van der Waals surface area contributed by atoms with Gasteiger partial charge in [0, 0.05) is 26.8 Å². The average Bonchev–Trinajstić information content (AvgIpc) is 2.35. The normalized spacial score (nSPS) is 22.9. The van der Waals surface area contributed by atoms with E-state index >= 15 is 0 Å². The minimum absolute atomic E-state index is 0.0691. The summed E-state index contributed by atoms with van der Waals surface area (Å²) in [6.07, 6.45) is 2.90. The number of methoxy groups -OCH3 is 2. The molecule has 1 heterocycles. The predicted molar refractivity (Wildman–Crippen MR) is 70.1 cm³/mol. The molecule has 2 unspecified atom stereocenters. The molecule has 1 saturated heterocycles. The highest BCUT2D eigenvalue weighted by Crippen LogP contribution is 2.08. The van der Waals surface area contributed by atoms with E-state index in [4.69, 9.17) is 9.47 Å². The van der Waals surface area contributed by atoms with Gasteiger partial charge in [0.1, 0.15) is 0 Å². The van der Waals surface area contributed by atoms with Crippen molar-refractivity contribution in [1.82, 2.24) is 10.0 Å².